The van der Waals surface area contributed by atoms with E-state index in [1.165, 1.54) is 0 Å². The number of hydrogen-bond acceptors (Lipinski definition) is 2. The molecule has 1 unspecified atom stereocenters. The van der Waals surface area contributed by atoms with Gasteiger partial charge >= 0.3 is 6.09 Å². The molecule has 1 amide bonds. The van der Waals surface area contributed by atoms with Crippen LogP contribution in [0.4, 0.5) is 4.79 Å². The third kappa shape index (κ3) is 6.43. The molecule has 0 aliphatic heterocycles. The van der Waals surface area contributed by atoms with Gasteiger partial charge in [-0.1, -0.05) is 44.0 Å². The summed E-state index contributed by atoms with van der Waals surface area (Å²) in [7, 11) is 0. The van der Waals surface area contributed by atoms with E-state index in [1.54, 1.807) is 0 Å². The van der Waals surface area contributed by atoms with Crippen LogP contribution in [-0.2, 0) is 4.74 Å². The summed E-state index contributed by atoms with van der Waals surface area (Å²) in [6, 6.07) is 7.87. The number of alkyl carbamates (subject to hydrolysis) is 1. The number of halogens is 2. The van der Waals surface area contributed by atoms with Gasteiger partial charge in [-0.25, -0.2) is 4.79 Å². The molecule has 0 aliphatic carbocycles. The van der Waals surface area contributed by atoms with Crippen LogP contribution in [0.1, 0.15) is 38.8 Å². The third-order valence-corrected chi connectivity index (χ3v) is 3.35. The van der Waals surface area contributed by atoms with E-state index in [0.29, 0.717) is 0 Å². The quantitative estimate of drug-likeness (QED) is 0.747. The van der Waals surface area contributed by atoms with Crippen LogP contribution >= 0.6 is 31.9 Å². The van der Waals surface area contributed by atoms with E-state index in [9.17, 15) is 4.79 Å². The predicted molar refractivity (Wildman–Crippen MR) is 84.7 cm³/mol. The Morgan fingerprint density at radius 2 is 1.89 bits per heavy atom. The minimum atomic E-state index is -0.483. The first-order valence-corrected chi connectivity index (χ1v) is 8.04. The van der Waals surface area contributed by atoms with Gasteiger partial charge in [-0.15, -0.1) is 0 Å². The average molecular weight is 393 g/mol. The first kappa shape index (κ1) is 16.5. The van der Waals surface area contributed by atoms with Crippen molar-refractivity contribution in [3.8, 4) is 0 Å². The molecule has 1 aromatic carbocycles. The molecule has 0 saturated carbocycles. The van der Waals surface area contributed by atoms with Gasteiger partial charge in [0.25, 0.3) is 0 Å². The molecule has 0 heterocycles. The van der Waals surface area contributed by atoms with E-state index in [2.05, 4.69) is 37.2 Å². The SMILES string of the molecule is CC(C)(C)OC(=O)NC(CCBr)c1ccc(Br)cc1. The Balaban J connectivity index is 2.73. The van der Waals surface area contributed by atoms with Crippen LogP contribution in [0, 0.1) is 0 Å². The van der Waals surface area contributed by atoms with Gasteiger partial charge in [-0.05, 0) is 44.9 Å². The summed E-state index contributed by atoms with van der Waals surface area (Å²) in [5, 5.41) is 3.71. The van der Waals surface area contributed by atoms with Gasteiger partial charge in [0.1, 0.15) is 5.60 Å². The van der Waals surface area contributed by atoms with Crippen LogP contribution < -0.4 is 5.32 Å². The highest BCUT2D eigenvalue weighted by molar-refractivity contribution is 9.10. The van der Waals surface area contributed by atoms with Crippen molar-refractivity contribution >= 4 is 38.0 Å². The molecule has 1 aromatic rings. The van der Waals surface area contributed by atoms with Crippen molar-refractivity contribution in [2.75, 3.05) is 5.33 Å². The fourth-order valence-electron chi connectivity index (χ4n) is 1.58. The first-order valence-electron chi connectivity index (χ1n) is 6.13. The Kier molecular flexibility index (Phi) is 6.33. The zero-order chi connectivity index (χ0) is 14.5. The van der Waals surface area contributed by atoms with Gasteiger partial charge < -0.3 is 10.1 Å². The van der Waals surface area contributed by atoms with E-state index in [1.807, 2.05) is 45.0 Å². The van der Waals surface area contributed by atoms with Crippen molar-refractivity contribution in [1.82, 2.24) is 5.32 Å². The highest BCUT2D eigenvalue weighted by Crippen LogP contribution is 2.21. The predicted octanol–water partition coefficient (Wildman–Crippen LogP) is 4.80. The second kappa shape index (κ2) is 7.29. The van der Waals surface area contributed by atoms with Crippen LogP contribution in [0.2, 0.25) is 0 Å². The van der Waals surface area contributed by atoms with Crippen LogP contribution in [-0.4, -0.2) is 17.0 Å². The van der Waals surface area contributed by atoms with E-state index < -0.39 is 5.60 Å². The maximum absolute atomic E-state index is 11.8. The highest BCUT2D eigenvalue weighted by Gasteiger charge is 2.20. The lowest BCUT2D eigenvalue weighted by atomic mass is 10.1. The van der Waals surface area contributed by atoms with Crippen molar-refractivity contribution in [1.29, 1.82) is 0 Å². The number of rotatable bonds is 4. The zero-order valence-electron chi connectivity index (χ0n) is 11.4. The Morgan fingerprint density at radius 1 is 1.32 bits per heavy atom. The molecule has 1 N–H and O–H groups in total. The first-order chi connectivity index (χ1) is 8.81. The monoisotopic (exact) mass is 391 g/mol. The van der Waals surface area contributed by atoms with E-state index in [-0.39, 0.29) is 12.1 Å². The minimum Gasteiger partial charge on any atom is -0.444 e. The molecule has 1 atom stereocenters. The molecule has 0 aliphatic rings. The Labute approximate surface area is 131 Å². The number of carbonyl (C=O) groups excluding carboxylic acids is 1. The van der Waals surface area contributed by atoms with Gasteiger partial charge in [-0.3, -0.25) is 0 Å². The number of hydrogen-bond donors (Lipinski definition) is 1. The standard InChI is InChI=1S/C14H19Br2NO2/c1-14(2,3)19-13(18)17-12(8-9-15)10-4-6-11(16)7-5-10/h4-7,12H,8-9H2,1-3H3,(H,17,18). The molecular weight excluding hydrogens is 374 g/mol. The number of benzene rings is 1. The summed E-state index contributed by atoms with van der Waals surface area (Å²) in [5.74, 6) is 0. The summed E-state index contributed by atoms with van der Waals surface area (Å²) < 4.78 is 6.30. The molecule has 0 spiro atoms. The van der Waals surface area contributed by atoms with Crippen molar-refractivity contribution in [2.24, 2.45) is 0 Å². The van der Waals surface area contributed by atoms with Crippen molar-refractivity contribution in [2.45, 2.75) is 38.8 Å². The van der Waals surface area contributed by atoms with Crippen molar-refractivity contribution in [3.63, 3.8) is 0 Å². The Hall–Kier alpha value is -0.550. The number of nitrogens with one attached hydrogen (secondary N) is 1. The second-order valence-electron chi connectivity index (χ2n) is 5.23. The molecule has 0 bridgehead atoms. The van der Waals surface area contributed by atoms with Gasteiger partial charge in [0.2, 0.25) is 0 Å². The molecule has 0 radical (unpaired) electrons. The number of alkyl halides is 1. The average Bonchev–Trinajstić information content (AvgIpc) is 2.27. The second-order valence-corrected chi connectivity index (χ2v) is 6.94. The molecule has 106 valence electrons. The summed E-state index contributed by atoms with van der Waals surface area (Å²) >= 11 is 6.81. The topological polar surface area (TPSA) is 38.3 Å². The van der Waals surface area contributed by atoms with E-state index >= 15 is 0 Å². The molecule has 1 rings (SSSR count). The lowest BCUT2D eigenvalue weighted by molar-refractivity contribution is 0.0502. The summed E-state index contributed by atoms with van der Waals surface area (Å²) in [5.41, 5.74) is 0.580. The van der Waals surface area contributed by atoms with Crippen LogP contribution in [0.3, 0.4) is 0 Å². The van der Waals surface area contributed by atoms with Gasteiger partial charge in [0, 0.05) is 9.80 Å². The van der Waals surface area contributed by atoms with Gasteiger partial charge in [-0.2, -0.15) is 0 Å². The summed E-state index contributed by atoms with van der Waals surface area (Å²) in [6.07, 6.45) is 0.419. The Bertz CT molecular complexity index is 412. The fraction of sp³-hybridized carbons (Fsp3) is 0.500. The van der Waals surface area contributed by atoms with Crippen LogP contribution in [0.25, 0.3) is 0 Å². The van der Waals surface area contributed by atoms with Gasteiger partial charge in [0.05, 0.1) is 6.04 Å². The maximum Gasteiger partial charge on any atom is 0.408 e. The molecule has 19 heavy (non-hydrogen) atoms. The smallest absolute Gasteiger partial charge is 0.408 e. The molecule has 0 saturated heterocycles. The molecule has 3 nitrogen and oxygen atoms in total. The fourth-order valence-corrected chi connectivity index (χ4v) is 2.30. The number of amides is 1. The van der Waals surface area contributed by atoms with Crippen molar-refractivity contribution in [3.05, 3.63) is 34.3 Å². The molecular formula is C14H19Br2NO2. The maximum atomic E-state index is 11.8. The summed E-state index contributed by atoms with van der Waals surface area (Å²) in [4.78, 5) is 11.8. The summed E-state index contributed by atoms with van der Waals surface area (Å²) in [6.45, 7) is 5.56. The highest BCUT2D eigenvalue weighted by atomic mass is 79.9. The van der Waals surface area contributed by atoms with E-state index in [0.717, 1.165) is 21.8 Å². The lowest BCUT2D eigenvalue weighted by Crippen LogP contribution is -2.35. The number of ether oxygens (including phenoxy) is 1. The van der Waals surface area contributed by atoms with Crippen LogP contribution in [0.15, 0.2) is 28.7 Å². The molecule has 5 heteroatoms. The zero-order valence-corrected chi connectivity index (χ0v) is 14.5. The molecule has 0 aromatic heterocycles. The third-order valence-electron chi connectivity index (χ3n) is 2.36. The minimum absolute atomic E-state index is 0.0534. The van der Waals surface area contributed by atoms with Gasteiger partial charge in [0.15, 0.2) is 0 Å². The number of carbonyl (C=O) groups is 1. The Morgan fingerprint density at radius 3 is 2.37 bits per heavy atom. The normalized spacial score (nSPS) is 12.9. The van der Waals surface area contributed by atoms with Crippen LogP contribution in [0.5, 0.6) is 0 Å². The largest absolute Gasteiger partial charge is 0.444 e. The lowest BCUT2D eigenvalue weighted by Gasteiger charge is -2.23. The van der Waals surface area contributed by atoms with E-state index in [4.69, 9.17) is 4.74 Å². The molecule has 0 fully saturated rings. The van der Waals surface area contributed by atoms with Crippen molar-refractivity contribution < 1.29 is 9.53 Å².